The molecule has 1 aliphatic carbocycles. The molecule has 3 N–H and O–H groups in total. The van der Waals surface area contributed by atoms with E-state index in [1.165, 1.54) is 0 Å². The van der Waals surface area contributed by atoms with Gasteiger partial charge < -0.3 is 11.1 Å². The summed E-state index contributed by atoms with van der Waals surface area (Å²) in [6, 6.07) is -0.244. The molecule has 0 aromatic carbocycles. The number of likely N-dealkylation sites (N-methyl/N-ethyl adjacent to an activating group) is 1. The number of hydrogen-bond acceptors (Lipinski definition) is 2. The lowest BCUT2D eigenvalue weighted by Crippen LogP contribution is -2.44. The smallest absolute Gasteiger partial charge is 0.235 e. The van der Waals surface area contributed by atoms with Crippen molar-refractivity contribution in [1.29, 1.82) is 0 Å². The van der Waals surface area contributed by atoms with Gasteiger partial charge in [0.25, 0.3) is 0 Å². The molecule has 12 heavy (non-hydrogen) atoms. The van der Waals surface area contributed by atoms with E-state index < -0.39 is 0 Å². The monoisotopic (exact) mass is 166 g/mol. The standard InChI is InChI=1S/C9H14N2O/c1-11-8(9(10)12)7-5-3-2-4-6-7/h2-5,7-8,11H,6H2,1H3,(H2,10,12)/t7?,8-/m0/s1. The van der Waals surface area contributed by atoms with Gasteiger partial charge in [0.05, 0.1) is 6.04 Å². The van der Waals surface area contributed by atoms with Crippen LogP contribution in [0.1, 0.15) is 6.42 Å². The van der Waals surface area contributed by atoms with E-state index >= 15 is 0 Å². The third kappa shape index (κ3) is 1.95. The fourth-order valence-electron chi connectivity index (χ4n) is 1.41. The highest BCUT2D eigenvalue weighted by molar-refractivity contribution is 5.80. The van der Waals surface area contributed by atoms with E-state index in [9.17, 15) is 4.79 Å². The van der Waals surface area contributed by atoms with Crippen LogP contribution in [0.25, 0.3) is 0 Å². The Morgan fingerprint density at radius 3 is 2.83 bits per heavy atom. The molecule has 0 aliphatic heterocycles. The molecule has 0 saturated heterocycles. The molecule has 3 heteroatoms. The second-order valence-corrected chi connectivity index (χ2v) is 2.88. The summed E-state index contributed by atoms with van der Waals surface area (Å²) < 4.78 is 0. The zero-order chi connectivity index (χ0) is 8.97. The van der Waals surface area contributed by atoms with Gasteiger partial charge in [-0.25, -0.2) is 0 Å². The third-order valence-corrected chi connectivity index (χ3v) is 2.06. The number of nitrogens with two attached hydrogens (primary N) is 1. The highest BCUT2D eigenvalue weighted by atomic mass is 16.1. The highest BCUT2D eigenvalue weighted by Gasteiger charge is 2.22. The summed E-state index contributed by atoms with van der Waals surface area (Å²) in [7, 11) is 1.75. The molecule has 1 rings (SSSR count). The number of nitrogens with one attached hydrogen (secondary N) is 1. The summed E-state index contributed by atoms with van der Waals surface area (Å²) in [5, 5.41) is 2.91. The SMILES string of the molecule is CN[C@H](C(N)=O)C1C=CC=CC1. The fourth-order valence-corrected chi connectivity index (χ4v) is 1.41. The summed E-state index contributed by atoms with van der Waals surface area (Å²) in [6.07, 6.45) is 8.85. The summed E-state index contributed by atoms with van der Waals surface area (Å²) in [4.78, 5) is 10.9. The van der Waals surface area contributed by atoms with E-state index in [1.807, 2.05) is 24.3 Å². The van der Waals surface area contributed by atoms with Crippen molar-refractivity contribution in [3.63, 3.8) is 0 Å². The summed E-state index contributed by atoms with van der Waals surface area (Å²) in [6.45, 7) is 0. The van der Waals surface area contributed by atoms with Gasteiger partial charge in [0, 0.05) is 5.92 Å². The summed E-state index contributed by atoms with van der Waals surface area (Å²) in [5.74, 6) is -0.0834. The van der Waals surface area contributed by atoms with Crippen LogP contribution in [0, 0.1) is 5.92 Å². The van der Waals surface area contributed by atoms with Gasteiger partial charge in [-0.3, -0.25) is 4.79 Å². The van der Waals surface area contributed by atoms with Crippen LogP contribution >= 0.6 is 0 Å². The summed E-state index contributed by atoms with van der Waals surface area (Å²) >= 11 is 0. The second kappa shape index (κ2) is 4.07. The maximum atomic E-state index is 10.9. The Morgan fingerprint density at radius 1 is 1.67 bits per heavy atom. The molecule has 0 saturated carbocycles. The topological polar surface area (TPSA) is 55.1 Å². The molecule has 1 amide bonds. The number of carbonyl (C=O) groups excluding carboxylic acids is 1. The van der Waals surface area contributed by atoms with Gasteiger partial charge in [0.15, 0.2) is 0 Å². The van der Waals surface area contributed by atoms with Crippen LogP contribution in [-0.2, 0) is 4.79 Å². The van der Waals surface area contributed by atoms with Crippen LogP contribution < -0.4 is 11.1 Å². The average molecular weight is 166 g/mol. The number of hydrogen-bond donors (Lipinski definition) is 2. The Bertz CT molecular complexity index is 221. The zero-order valence-corrected chi connectivity index (χ0v) is 7.16. The minimum Gasteiger partial charge on any atom is -0.368 e. The van der Waals surface area contributed by atoms with E-state index in [0.717, 1.165) is 6.42 Å². The Labute approximate surface area is 72.3 Å². The molecule has 0 radical (unpaired) electrons. The van der Waals surface area contributed by atoms with Crippen LogP contribution in [0.5, 0.6) is 0 Å². The van der Waals surface area contributed by atoms with E-state index in [2.05, 4.69) is 5.32 Å². The Morgan fingerprint density at radius 2 is 2.42 bits per heavy atom. The quantitative estimate of drug-likeness (QED) is 0.629. The zero-order valence-electron chi connectivity index (χ0n) is 7.16. The van der Waals surface area contributed by atoms with E-state index in [1.54, 1.807) is 7.05 Å². The first-order valence-electron chi connectivity index (χ1n) is 4.05. The molecule has 3 nitrogen and oxygen atoms in total. The maximum Gasteiger partial charge on any atom is 0.235 e. The van der Waals surface area contributed by atoms with Crippen molar-refractivity contribution in [3.8, 4) is 0 Å². The molecule has 0 fully saturated rings. The lowest BCUT2D eigenvalue weighted by molar-refractivity contribution is -0.120. The van der Waals surface area contributed by atoms with Gasteiger partial charge in [-0.05, 0) is 13.5 Å². The van der Waals surface area contributed by atoms with Gasteiger partial charge in [-0.15, -0.1) is 0 Å². The van der Waals surface area contributed by atoms with Gasteiger partial charge in [0.1, 0.15) is 0 Å². The van der Waals surface area contributed by atoms with Crippen LogP contribution in [0.4, 0.5) is 0 Å². The second-order valence-electron chi connectivity index (χ2n) is 2.88. The predicted octanol–water partition coefficient (Wildman–Crippen LogP) is 0.192. The molecular formula is C9H14N2O. The Balaban J connectivity index is 2.60. The van der Waals surface area contributed by atoms with E-state index in [-0.39, 0.29) is 17.9 Å². The lowest BCUT2D eigenvalue weighted by Gasteiger charge is -2.21. The maximum absolute atomic E-state index is 10.9. The first kappa shape index (κ1) is 9.00. The number of carbonyl (C=O) groups is 1. The van der Waals surface area contributed by atoms with Crippen molar-refractivity contribution in [2.75, 3.05) is 7.05 Å². The van der Waals surface area contributed by atoms with E-state index in [4.69, 9.17) is 5.73 Å². The third-order valence-electron chi connectivity index (χ3n) is 2.06. The molecule has 0 bridgehead atoms. The Kier molecular flexibility index (Phi) is 3.05. The molecule has 0 aromatic rings. The normalized spacial score (nSPS) is 23.9. The number of primary amides is 1. The largest absolute Gasteiger partial charge is 0.368 e. The van der Waals surface area contributed by atoms with Crippen molar-refractivity contribution in [3.05, 3.63) is 24.3 Å². The molecule has 1 aliphatic rings. The first-order chi connectivity index (χ1) is 5.75. The van der Waals surface area contributed by atoms with Gasteiger partial charge in [-0.2, -0.15) is 0 Å². The predicted molar refractivity (Wildman–Crippen MR) is 48.4 cm³/mol. The van der Waals surface area contributed by atoms with Crippen LogP contribution in [0.3, 0.4) is 0 Å². The highest BCUT2D eigenvalue weighted by Crippen LogP contribution is 2.15. The molecule has 0 aromatic heterocycles. The minimum absolute atomic E-state index is 0.206. The van der Waals surface area contributed by atoms with Crippen molar-refractivity contribution in [2.45, 2.75) is 12.5 Å². The van der Waals surface area contributed by atoms with Crippen molar-refractivity contribution >= 4 is 5.91 Å². The van der Waals surface area contributed by atoms with Gasteiger partial charge >= 0.3 is 0 Å². The lowest BCUT2D eigenvalue weighted by atomic mass is 9.92. The number of allylic oxidation sites excluding steroid dienone is 3. The van der Waals surface area contributed by atoms with Gasteiger partial charge in [-0.1, -0.05) is 24.3 Å². The first-order valence-corrected chi connectivity index (χ1v) is 4.05. The minimum atomic E-state index is -0.289. The molecule has 1 unspecified atom stereocenters. The average Bonchev–Trinajstić information content (AvgIpc) is 2.07. The number of rotatable bonds is 3. The van der Waals surface area contributed by atoms with Crippen molar-refractivity contribution < 1.29 is 4.79 Å². The van der Waals surface area contributed by atoms with Gasteiger partial charge in [0.2, 0.25) is 5.91 Å². The molecule has 0 heterocycles. The van der Waals surface area contributed by atoms with E-state index in [0.29, 0.717) is 0 Å². The molecule has 2 atom stereocenters. The Hall–Kier alpha value is -1.09. The van der Waals surface area contributed by atoms with Crippen LogP contribution in [-0.4, -0.2) is 19.0 Å². The summed E-state index contributed by atoms with van der Waals surface area (Å²) in [5.41, 5.74) is 5.22. The van der Waals surface area contributed by atoms with Crippen molar-refractivity contribution in [1.82, 2.24) is 5.32 Å². The van der Waals surface area contributed by atoms with Crippen molar-refractivity contribution in [2.24, 2.45) is 11.7 Å². The fraction of sp³-hybridized carbons (Fsp3) is 0.444. The number of amides is 1. The molecular weight excluding hydrogens is 152 g/mol. The van der Waals surface area contributed by atoms with Crippen LogP contribution in [0.2, 0.25) is 0 Å². The molecule has 0 spiro atoms. The molecule has 66 valence electrons. The van der Waals surface area contributed by atoms with Crippen LogP contribution in [0.15, 0.2) is 24.3 Å².